The summed E-state index contributed by atoms with van der Waals surface area (Å²) >= 11 is 1.42. The summed E-state index contributed by atoms with van der Waals surface area (Å²) in [5.74, 6) is 2.10. The lowest BCUT2D eigenvalue weighted by Crippen LogP contribution is -2.31. The van der Waals surface area contributed by atoms with E-state index >= 15 is 0 Å². The van der Waals surface area contributed by atoms with Crippen LogP contribution in [-0.2, 0) is 11.2 Å². The normalized spacial score (nSPS) is 10.8. The number of ether oxygens (including phenoxy) is 1. The molecule has 0 bridgehead atoms. The van der Waals surface area contributed by atoms with Crippen molar-refractivity contribution in [3.63, 3.8) is 0 Å². The smallest absolute Gasteiger partial charge is 0.233 e. The topological polar surface area (TPSA) is 60.2 Å². The number of carbonyl (C=O) groups excluding carboxylic acids is 1. The van der Waals surface area contributed by atoms with Crippen molar-refractivity contribution in [2.75, 3.05) is 25.4 Å². The fraction of sp³-hybridized carbons (Fsp3) is 0.348. The van der Waals surface area contributed by atoms with Gasteiger partial charge in [0.15, 0.2) is 5.16 Å². The number of rotatable bonds is 10. The minimum Gasteiger partial charge on any atom is -0.494 e. The second-order valence-electron chi connectivity index (χ2n) is 6.68. The summed E-state index contributed by atoms with van der Waals surface area (Å²) in [7, 11) is 0. The average molecular weight is 425 g/mol. The van der Waals surface area contributed by atoms with Crippen molar-refractivity contribution in [2.24, 2.45) is 0 Å². The Kier molecular flexibility index (Phi) is 7.90. The molecule has 7 heteroatoms. The minimum atomic E-state index is 0.107. The Morgan fingerprint density at radius 2 is 1.70 bits per heavy atom. The maximum Gasteiger partial charge on any atom is 0.233 e. The number of carbonyl (C=O) groups is 1. The lowest BCUT2D eigenvalue weighted by molar-refractivity contribution is -0.127. The second-order valence-corrected chi connectivity index (χ2v) is 7.62. The van der Waals surface area contributed by atoms with E-state index in [1.165, 1.54) is 11.8 Å². The Labute approximate surface area is 182 Å². The highest BCUT2D eigenvalue weighted by molar-refractivity contribution is 7.99. The van der Waals surface area contributed by atoms with Gasteiger partial charge in [0.25, 0.3) is 0 Å². The number of amides is 1. The zero-order chi connectivity index (χ0) is 21.3. The van der Waals surface area contributed by atoms with Gasteiger partial charge in [-0.05, 0) is 50.6 Å². The summed E-state index contributed by atoms with van der Waals surface area (Å²) in [5.41, 5.74) is 2.11. The molecule has 3 rings (SSSR count). The Balaban J connectivity index is 1.89. The zero-order valence-corrected chi connectivity index (χ0v) is 18.6. The maximum atomic E-state index is 12.5. The van der Waals surface area contributed by atoms with Crippen molar-refractivity contribution in [1.82, 2.24) is 19.7 Å². The molecule has 0 saturated heterocycles. The van der Waals surface area contributed by atoms with Crippen molar-refractivity contribution in [2.45, 2.75) is 32.3 Å². The molecule has 0 radical (unpaired) electrons. The van der Waals surface area contributed by atoms with E-state index in [2.05, 4.69) is 22.3 Å². The van der Waals surface area contributed by atoms with Gasteiger partial charge in [0.05, 0.1) is 12.4 Å². The molecule has 1 amide bonds. The predicted octanol–water partition coefficient (Wildman–Crippen LogP) is 4.22. The van der Waals surface area contributed by atoms with E-state index in [-0.39, 0.29) is 5.91 Å². The van der Waals surface area contributed by atoms with Crippen LogP contribution in [0.4, 0.5) is 0 Å². The van der Waals surface area contributed by atoms with E-state index in [0.717, 1.165) is 22.8 Å². The molecule has 1 heterocycles. The molecule has 3 aromatic rings. The lowest BCUT2D eigenvalue weighted by atomic mass is 10.1. The summed E-state index contributed by atoms with van der Waals surface area (Å²) in [6.07, 6.45) is 0.658. The van der Waals surface area contributed by atoms with E-state index < -0.39 is 0 Å². The SMILES string of the molecule is CCOc1ccc(-n2c(Cc3ccccc3)nnc2SCC(=O)N(CC)CC)cc1. The van der Waals surface area contributed by atoms with Crippen LogP contribution in [0.3, 0.4) is 0 Å². The first-order valence-corrected chi connectivity index (χ1v) is 11.3. The summed E-state index contributed by atoms with van der Waals surface area (Å²) in [4.78, 5) is 14.3. The molecule has 2 aromatic carbocycles. The van der Waals surface area contributed by atoms with Gasteiger partial charge in [0, 0.05) is 25.2 Å². The third kappa shape index (κ3) is 5.42. The molecule has 0 aliphatic carbocycles. The van der Waals surface area contributed by atoms with E-state index in [1.807, 2.05) is 72.7 Å². The third-order valence-corrected chi connectivity index (χ3v) is 5.67. The van der Waals surface area contributed by atoms with Gasteiger partial charge in [-0.25, -0.2) is 0 Å². The van der Waals surface area contributed by atoms with Gasteiger partial charge in [0.2, 0.25) is 5.91 Å². The number of nitrogens with zero attached hydrogens (tertiary/aromatic N) is 4. The highest BCUT2D eigenvalue weighted by atomic mass is 32.2. The highest BCUT2D eigenvalue weighted by Crippen LogP contribution is 2.25. The van der Waals surface area contributed by atoms with E-state index in [0.29, 0.717) is 37.0 Å². The van der Waals surface area contributed by atoms with Crippen molar-refractivity contribution in [1.29, 1.82) is 0 Å². The molecule has 0 N–H and O–H groups in total. The van der Waals surface area contributed by atoms with Crippen LogP contribution >= 0.6 is 11.8 Å². The molecule has 0 spiro atoms. The fourth-order valence-corrected chi connectivity index (χ4v) is 4.07. The zero-order valence-electron chi connectivity index (χ0n) is 17.7. The predicted molar refractivity (Wildman–Crippen MR) is 120 cm³/mol. The van der Waals surface area contributed by atoms with Gasteiger partial charge in [-0.1, -0.05) is 42.1 Å². The summed E-state index contributed by atoms with van der Waals surface area (Å²) in [6, 6.07) is 18.1. The summed E-state index contributed by atoms with van der Waals surface area (Å²) in [6.45, 7) is 7.99. The van der Waals surface area contributed by atoms with Crippen molar-refractivity contribution >= 4 is 17.7 Å². The molecule has 6 nitrogen and oxygen atoms in total. The highest BCUT2D eigenvalue weighted by Gasteiger charge is 2.18. The van der Waals surface area contributed by atoms with Gasteiger partial charge >= 0.3 is 0 Å². The maximum absolute atomic E-state index is 12.5. The largest absolute Gasteiger partial charge is 0.494 e. The lowest BCUT2D eigenvalue weighted by Gasteiger charge is -2.18. The number of hydrogen-bond acceptors (Lipinski definition) is 5. The monoisotopic (exact) mass is 424 g/mol. The molecular formula is C23H28N4O2S. The molecule has 0 aliphatic rings. The molecule has 0 aliphatic heterocycles. The van der Waals surface area contributed by atoms with Crippen LogP contribution in [0.2, 0.25) is 0 Å². The molecule has 30 heavy (non-hydrogen) atoms. The van der Waals surface area contributed by atoms with Crippen LogP contribution in [0, 0.1) is 0 Å². The Morgan fingerprint density at radius 1 is 1.00 bits per heavy atom. The van der Waals surface area contributed by atoms with Crippen LogP contribution in [0.15, 0.2) is 59.8 Å². The molecule has 158 valence electrons. The van der Waals surface area contributed by atoms with Crippen LogP contribution in [-0.4, -0.2) is 51.0 Å². The second kappa shape index (κ2) is 10.8. The van der Waals surface area contributed by atoms with Crippen LogP contribution in [0.1, 0.15) is 32.2 Å². The Bertz CT molecular complexity index is 938. The van der Waals surface area contributed by atoms with Crippen LogP contribution in [0.5, 0.6) is 5.75 Å². The number of aromatic nitrogens is 3. The molecule has 0 unspecified atom stereocenters. The van der Waals surface area contributed by atoms with Gasteiger partial charge in [0.1, 0.15) is 11.6 Å². The van der Waals surface area contributed by atoms with Gasteiger partial charge in [-0.2, -0.15) is 0 Å². The first-order valence-electron chi connectivity index (χ1n) is 10.3. The number of thioether (sulfide) groups is 1. The standard InChI is InChI=1S/C23H28N4O2S/c1-4-26(5-2)22(28)17-30-23-25-24-21(16-18-10-8-7-9-11-18)27(23)19-12-14-20(15-13-19)29-6-3/h7-15H,4-6,16-17H2,1-3H3. The van der Waals surface area contributed by atoms with Crippen LogP contribution in [0.25, 0.3) is 5.69 Å². The van der Waals surface area contributed by atoms with Crippen molar-refractivity contribution in [3.05, 3.63) is 66.0 Å². The Morgan fingerprint density at radius 3 is 2.33 bits per heavy atom. The quantitative estimate of drug-likeness (QED) is 0.456. The summed E-state index contributed by atoms with van der Waals surface area (Å²) in [5, 5.41) is 9.56. The molecule has 1 aromatic heterocycles. The number of benzene rings is 2. The van der Waals surface area contributed by atoms with Gasteiger partial charge in [-0.3, -0.25) is 9.36 Å². The van der Waals surface area contributed by atoms with Gasteiger partial charge in [-0.15, -0.1) is 10.2 Å². The Hall–Kier alpha value is -2.80. The molecule has 0 fully saturated rings. The average Bonchev–Trinajstić information content (AvgIpc) is 3.17. The van der Waals surface area contributed by atoms with Crippen molar-refractivity contribution in [3.8, 4) is 11.4 Å². The van der Waals surface area contributed by atoms with Crippen molar-refractivity contribution < 1.29 is 9.53 Å². The molecular weight excluding hydrogens is 396 g/mol. The first kappa shape index (κ1) is 21.9. The molecule has 0 saturated carbocycles. The van der Waals surface area contributed by atoms with Gasteiger partial charge < -0.3 is 9.64 Å². The number of hydrogen-bond donors (Lipinski definition) is 0. The van der Waals surface area contributed by atoms with E-state index in [9.17, 15) is 4.79 Å². The minimum absolute atomic E-state index is 0.107. The molecule has 0 atom stereocenters. The third-order valence-electron chi connectivity index (χ3n) is 4.75. The van der Waals surface area contributed by atoms with E-state index in [4.69, 9.17) is 4.74 Å². The summed E-state index contributed by atoms with van der Waals surface area (Å²) < 4.78 is 7.60. The van der Waals surface area contributed by atoms with E-state index in [1.54, 1.807) is 0 Å². The first-order chi connectivity index (χ1) is 14.7. The fourth-order valence-electron chi connectivity index (χ4n) is 3.20. The van der Waals surface area contributed by atoms with Crippen LogP contribution < -0.4 is 4.74 Å².